The van der Waals surface area contributed by atoms with Gasteiger partial charge in [0.1, 0.15) is 0 Å². The fourth-order valence-corrected chi connectivity index (χ4v) is 5.19. The summed E-state index contributed by atoms with van der Waals surface area (Å²) in [6.45, 7) is 4.30. The molecular formula is C46H42SiTi-6. The normalized spacial score (nSPS) is 9.27. The zero-order valence-corrected chi connectivity index (χ0v) is 30.9. The maximum absolute atomic E-state index is 2.97. The Hall–Kier alpha value is -4.53. The molecule has 0 aliphatic heterocycles. The van der Waals surface area contributed by atoms with Gasteiger partial charge in [-0.3, -0.25) is 0 Å². The van der Waals surface area contributed by atoms with E-state index in [0.29, 0.717) is 0 Å². The van der Waals surface area contributed by atoms with E-state index in [1.165, 1.54) is 54.9 Å². The molecule has 0 bridgehead atoms. The third-order valence-electron chi connectivity index (χ3n) is 7.17. The number of fused-ring (bicyclic) bond motifs is 2. The Morgan fingerprint density at radius 2 is 0.771 bits per heavy atom. The van der Waals surface area contributed by atoms with E-state index in [0.717, 1.165) is 0 Å². The maximum atomic E-state index is 2.97. The second kappa shape index (κ2) is 22.1. The predicted octanol–water partition coefficient (Wildman–Crippen LogP) is 12.6. The number of benzene rings is 6. The third kappa shape index (κ3) is 11.9. The molecule has 0 unspecified atom stereocenters. The molecule has 0 aliphatic rings. The summed E-state index contributed by atoms with van der Waals surface area (Å²) in [5.41, 5.74) is 7.89. The molecule has 0 heterocycles. The summed E-state index contributed by atoms with van der Waals surface area (Å²) in [6.07, 6.45) is 0. The van der Waals surface area contributed by atoms with Crippen molar-refractivity contribution in [3.05, 3.63) is 220 Å². The molecule has 8 aromatic rings. The van der Waals surface area contributed by atoms with Gasteiger partial charge in [-0.25, -0.2) is 0 Å². The van der Waals surface area contributed by atoms with Crippen molar-refractivity contribution in [2.75, 3.05) is 0 Å². The molecule has 0 aromatic heterocycles. The Balaban J connectivity index is 0.000000234. The summed E-state index contributed by atoms with van der Waals surface area (Å²) in [6, 6.07) is 68.1. The van der Waals surface area contributed by atoms with Crippen LogP contribution in [0.1, 0.15) is 11.1 Å². The Kier molecular flexibility index (Phi) is 18.3. The summed E-state index contributed by atoms with van der Waals surface area (Å²) in [5.74, 6) is 0. The maximum Gasteiger partial charge on any atom is -0.171 e. The molecule has 0 spiro atoms. The summed E-state index contributed by atoms with van der Waals surface area (Å²) in [7, 11) is 2.97. The van der Waals surface area contributed by atoms with E-state index >= 15 is 0 Å². The van der Waals surface area contributed by atoms with Crippen LogP contribution in [0.25, 0.3) is 43.8 Å². The standard InChI is InChI=1S/2C16H13.2C6H5.2CH3.Si.Ti/c2*1-12-10-14-8-5-9-15(16(14)11-12)13-6-3-2-4-7-13;2*1-2-4-6-5-3-1;;;;/h2*2-11H,1H3;2*1-5H;2*1H3;;/q6*-1;;. The number of hydrogen-bond donors (Lipinski definition) is 0. The molecule has 48 heavy (non-hydrogen) atoms. The molecule has 0 N–H and O–H groups in total. The minimum Gasteiger partial charge on any atom is -0.184 e. The minimum absolute atomic E-state index is 0. The third-order valence-corrected chi connectivity index (χ3v) is 7.17. The van der Waals surface area contributed by atoms with Crippen molar-refractivity contribution in [3.63, 3.8) is 0 Å². The zero-order valence-electron chi connectivity index (χ0n) is 28.3. The van der Waals surface area contributed by atoms with Gasteiger partial charge in [0.05, 0.1) is 0 Å². The monoisotopic (exact) mass is 670 g/mol. The summed E-state index contributed by atoms with van der Waals surface area (Å²) >= 11 is 1.81. The predicted molar refractivity (Wildman–Crippen MR) is 209 cm³/mol. The van der Waals surface area contributed by atoms with Crippen LogP contribution in [0.5, 0.6) is 0 Å². The van der Waals surface area contributed by atoms with Crippen molar-refractivity contribution in [1.29, 1.82) is 0 Å². The van der Waals surface area contributed by atoms with E-state index in [-0.39, 0.29) is 14.9 Å². The van der Waals surface area contributed by atoms with Gasteiger partial charge in [-0.1, -0.05) is 97.8 Å². The second-order valence-electron chi connectivity index (χ2n) is 10.6. The SMILES string of the molecule is Cc1cc2c(-c3ccccc3)cccc2[cH-]1.Cc1cc2c(-c3ccccc3)cccc2[cH-]1.[CH3-].[CH3-].[Si]=[Ti].[c-]1ccccc1.[c-]1ccccc1. The van der Waals surface area contributed by atoms with Crippen molar-refractivity contribution in [2.45, 2.75) is 13.8 Å². The molecule has 2 radical (unpaired) electrons. The largest absolute Gasteiger partial charge is 0.184 e. The molecule has 0 aliphatic carbocycles. The van der Waals surface area contributed by atoms with Gasteiger partial charge in [-0.2, -0.15) is 84.9 Å². The van der Waals surface area contributed by atoms with E-state index in [4.69, 9.17) is 0 Å². The van der Waals surface area contributed by atoms with Gasteiger partial charge in [0.2, 0.25) is 0 Å². The van der Waals surface area contributed by atoms with Gasteiger partial charge >= 0.3 is 26.8 Å². The Morgan fingerprint density at radius 1 is 0.438 bits per heavy atom. The first kappa shape index (κ1) is 39.6. The van der Waals surface area contributed by atoms with Crippen LogP contribution in [0.15, 0.2) is 182 Å². The van der Waals surface area contributed by atoms with Crippen LogP contribution in [0.2, 0.25) is 0 Å². The molecular weight excluding hydrogens is 628 g/mol. The first-order chi connectivity index (χ1) is 22.7. The van der Waals surface area contributed by atoms with Crippen molar-refractivity contribution >= 4 is 29.2 Å². The first-order valence-electron chi connectivity index (χ1n) is 15.2. The molecule has 0 nitrogen and oxygen atoms in total. The summed E-state index contributed by atoms with van der Waals surface area (Å²) in [4.78, 5) is 0. The van der Waals surface area contributed by atoms with Crippen LogP contribution in [0.4, 0.5) is 0 Å². The fourth-order valence-electron chi connectivity index (χ4n) is 5.19. The van der Waals surface area contributed by atoms with Gasteiger partial charge < -0.3 is 14.9 Å². The molecule has 0 saturated heterocycles. The van der Waals surface area contributed by atoms with Gasteiger partial charge in [-0.15, -0.1) is 69.1 Å². The molecule has 0 atom stereocenters. The van der Waals surface area contributed by atoms with Crippen molar-refractivity contribution < 1.29 is 19.2 Å². The van der Waals surface area contributed by atoms with Crippen molar-refractivity contribution in [3.8, 4) is 22.3 Å². The molecule has 0 saturated carbocycles. The topological polar surface area (TPSA) is 0 Å². The van der Waals surface area contributed by atoms with Crippen LogP contribution in [0, 0.1) is 40.8 Å². The Bertz CT molecular complexity index is 1770. The fraction of sp³-hybridized carbons (Fsp3) is 0.0435. The van der Waals surface area contributed by atoms with Gasteiger partial charge in [-0.05, 0) is 11.1 Å². The molecule has 8 aromatic carbocycles. The molecule has 0 fully saturated rings. The first-order valence-corrected chi connectivity index (χ1v) is 18.0. The summed E-state index contributed by atoms with van der Waals surface area (Å²) in [5, 5.41) is 5.37. The van der Waals surface area contributed by atoms with Crippen molar-refractivity contribution in [1.82, 2.24) is 0 Å². The second-order valence-corrected chi connectivity index (χ2v) is 10.6. The van der Waals surface area contributed by atoms with Crippen LogP contribution < -0.4 is 0 Å². The minimum atomic E-state index is 0. The van der Waals surface area contributed by atoms with Gasteiger partial charge in [0, 0.05) is 0 Å². The molecule has 0 amide bonds. The van der Waals surface area contributed by atoms with Crippen LogP contribution >= 0.6 is 0 Å². The van der Waals surface area contributed by atoms with Gasteiger partial charge in [0.15, 0.2) is 0 Å². The van der Waals surface area contributed by atoms with Gasteiger partial charge in [0.25, 0.3) is 0 Å². The average molecular weight is 671 g/mol. The summed E-state index contributed by atoms with van der Waals surface area (Å²) < 4.78 is 0. The quantitative estimate of drug-likeness (QED) is 0.127. The Labute approximate surface area is 302 Å². The van der Waals surface area contributed by atoms with Crippen molar-refractivity contribution in [2.24, 2.45) is 0 Å². The molecule has 8 rings (SSSR count). The molecule has 240 valence electrons. The van der Waals surface area contributed by atoms with Crippen LogP contribution in [-0.4, -0.2) is 7.63 Å². The Morgan fingerprint density at radius 3 is 1.06 bits per heavy atom. The van der Waals surface area contributed by atoms with E-state index in [1.54, 1.807) is 19.2 Å². The van der Waals surface area contributed by atoms with E-state index in [9.17, 15) is 0 Å². The van der Waals surface area contributed by atoms with Crippen LogP contribution in [0.3, 0.4) is 0 Å². The smallest absolute Gasteiger partial charge is 0.171 e. The molecule has 2 heteroatoms. The van der Waals surface area contributed by atoms with Crippen LogP contribution in [-0.2, 0) is 19.2 Å². The van der Waals surface area contributed by atoms with E-state index in [2.05, 4.69) is 155 Å². The number of aryl methyl sites for hydroxylation is 2. The number of hydrogen-bond acceptors (Lipinski definition) is 0. The van der Waals surface area contributed by atoms with E-state index < -0.39 is 0 Å². The van der Waals surface area contributed by atoms with E-state index in [1.807, 2.05) is 60.7 Å². The number of rotatable bonds is 2. The average Bonchev–Trinajstić information content (AvgIpc) is 3.73. The zero-order chi connectivity index (χ0) is 32.4.